The second-order valence-electron chi connectivity index (χ2n) is 7.13. The van der Waals surface area contributed by atoms with Crippen LogP contribution in [-0.2, 0) is 9.59 Å². The van der Waals surface area contributed by atoms with E-state index in [1.54, 1.807) is 30.3 Å². The molecule has 0 aliphatic carbocycles. The largest absolute Gasteiger partial charge is 0.507 e. The maximum atomic E-state index is 12.8. The van der Waals surface area contributed by atoms with Crippen LogP contribution in [0.5, 0.6) is 0 Å². The van der Waals surface area contributed by atoms with Gasteiger partial charge in [0.2, 0.25) is 0 Å². The molecule has 148 valence electrons. The molecule has 1 aliphatic rings. The number of aryl methyl sites for hydroxylation is 1. The molecule has 0 spiro atoms. The van der Waals surface area contributed by atoms with Crippen LogP contribution in [0.1, 0.15) is 29.3 Å². The lowest BCUT2D eigenvalue weighted by molar-refractivity contribution is -0.140. The third-order valence-electron chi connectivity index (χ3n) is 4.79. The number of halogens is 1. The molecule has 1 atom stereocenters. The normalized spacial score (nSPS) is 19.0. The first-order valence-electron chi connectivity index (χ1n) is 9.04. The van der Waals surface area contributed by atoms with E-state index < -0.39 is 17.7 Å². The number of carbonyl (C=O) groups excluding carboxylic acids is 2. The summed E-state index contributed by atoms with van der Waals surface area (Å²) < 4.78 is 6.42. The van der Waals surface area contributed by atoms with Crippen LogP contribution in [0, 0.1) is 6.92 Å². The van der Waals surface area contributed by atoms with Crippen LogP contribution >= 0.6 is 15.9 Å². The molecule has 0 saturated carbocycles. The van der Waals surface area contributed by atoms with Gasteiger partial charge in [-0.2, -0.15) is 0 Å². The first kappa shape index (κ1) is 20.4. The van der Waals surface area contributed by atoms with Crippen molar-refractivity contribution in [2.75, 3.05) is 27.2 Å². The number of Topliss-reactive ketones (excluding diaryl/α,β-unsaturated/α-hetero) is 1. The Kier molecular flexibility index (Phi) is 6.05. The molecule has 1 fully saturated rings. The molecule has 1 unspecified atom stereocenters. The molecular formula is C21H23BrN2O4. The second-order valence-corrected chi connectivity index (χ2v) is 7.98. The van der Waals surface area contributed by atoms with Crippen molar-refractivity contribution in [1.29, 1.82) is 0 Å². The molecule has 1 aromatic carbocycles. The smallest absolute Gasteiger partial charge is 0.295 e. The number of aliphatic hydroxyl groups excluding tert-OH is 1. The van der Waals surface area contributed by atoms with Gasteiger partial charge < -0.3 is 19.3 Å². The molecule has 28 heavy (non-hydrogen) atoms. The summed E-state index contributed by atoms with van der Waals surface area (Å²) >= 11 is 3.43. The first-order valence-corrected chi connectivity index (χ1v) is 9.83. The van der Waals surface area contributed by atoms with Crippen LogP contribution in [0.4, 0.5) is 0 Å². The molecule has 7 heteroatoms. The highest BCUT2D eigenvalue weighted by atomic mass is 79.9. The number of furan rings is 1. The molecule has 0 radical (unpaired) electrons. The maximum Gasteiger partial charge on any atom is 0.295 e. The molecule has 1 N–H and O–H groups in total. The summed E-state index contributed by atoms with van der Waals surface area (Å²) in [5.74, 6) is -1.04. The van der Waals surface area contributed by atoms with E-state index in [0.717, 1.165) is 16.6 Å². The molecular weight excluding hydrogens is 424 g/mol. The Morgan fingerprint density at radius 2 is 2.04 bits per heavy atom. The van der Waals surface area contributed by atoms with E-state index in [1.165, 1.54) is 11.2 Å². The van der Waals surface area contributed by atoms with E-state index in [1.807, 2.05) is 25.9 Å². The average molecular weight is 447 g/mol. The Morgan fingerprint density at radius 1 is 1.29 bits per heavy atom. The van der Waals surface area contributed by atoms with Gasteiger partial charge in [0.25, 0.3) is 11.7 Å². The zero-order valence-electron chi connectivity index (χ0n) is 16.1. The van der Waals surface area contributed by atoms with Gasteiger partial charge in [0.15, 0.2) is 0 Å². The van der Waals surface area contributed by atoms with Gasteiger partial charge in [0.05, 0.1) is 11.8 Å². The quantitative estimate of drug-likeness (QED) is 0.415. The molecule has 1 aromatic heterocycles. The maximum absolute atomic E-state index is 12.8. The van der Waals surface area contributed by atoms with Gasteiger partial charge in [-0.15, -0.1) is 0 Å². The van der Waals surface area contributed by atoms with Crippen LogP contribution in [-0.4, -0.2) is 53.8 Å². The van der Waals surface area contributed by atoms with Crippen molar-refractivity contribution in [3.05, 3.63) is 63.5 Å². The molecule has 0 bridgehead atoms. The van der Waals surface area contributed by atoms with Gasteiger partial charge in [-0.05, 0) is 63.8 Å². The topological polar surface area (TPSA) is 74.0 Å². The summed E-state index contributed by atoms with van der Waals surface area (Å²) in [5, 5.41) is 10.9. The third kappa shape index (κ3) is 3.91. The molecule has 1 saturated heterocycles. The highest BCUT2D eigenvalue weighted by molar-refractivity contribution is 9.10. The van der Waals surface area contributed by atoms with Gasteiger partial charge in [0, 0.05) is 16.6 Å². The van der Waals surface area contributed by atoms with Crippen LogP contribution < -0.4 is 0 Å². The zero-order valence-corrected chi connectivity index (χ0v) is 17.7. The SMILES string of the molecule is Cc1cc(/C(O)=C2/C(=O)C(=O)N(CCCN(C)C)C2c2ccco2)ccc1Br. The number of benzene rings is 1. The number of carbonyl (C=O) groups is 2. The van der Waals surface area contributed by atoms with Crippen molar-refractivity contribution in [2.24, 2.45) is 0 Å². The standard InChI is InChI=1S/C21H23BrN2O4/c1-13-12-14(7-8-15(13)22)19(25)17-18(16-6-4-11-28-16)24(21(27)20(17)26)10-5-9-23(2)3/h4,6-8,11-12,18,25H,5,9-10H2,1-3H3/b19-17-. The van der Waals surface area contributed by atoms with Crippen LogP contribution in [0.25, 0.3) is 5.76 Å². The van der Waals surface area contributed by atoms with Gasteiger partial charge in [0.1, 0.15) is 17.6 Å². The van der Waals surface area contributed by atoms with E-state index in [-0.39, 0.29) is 11.3 Å². The van der Waals surface area contributed by atoms with E-state index in [4.69, 9.17) is 4.42 Å². The van der Waals surface area contributed by atoms with Crippen LogP contribution in [0.15, 0.2) is 51.1 Å². The first-order chi connectivity index (χ1) is 13.3. The number of ketones is 1. The molecule has 3 rings (SSSR count). The highest BCUT2D eigenvalue weighted by Crippen LogP contribution is 2.39. The number of aliphatic hydroxyl groups is 1. The number of likely N-dealkylation sites (tertiary alicyclic amines) is 1. The Labute approximate surface area is 172 Å². The summed E-state index contributed by atoms with van der Waals surface area (Å²) in [4.78, 5) is 29.0. The van der Waals surface area contributed by atoms with Crippen molar-refractivity contribution < 1.29 is 19.1 Å². The Bertz CT molecular complexity index is 918. The number of hydrogen-bond acceptors (Lipinski definition) is 5. The summed E-state index contributed by atoms with van der Waals surface area (Å²) in [7, 11) is 3.90. The second kappa shape index (κ2) is 8.32. The summed E-state index contributed by atoms with van der Waals surface area (Å²) in [5.41, 5.74) is 1.47. The number of rotatable bonds is 6. The minimum absolute atomic E-state index is 0.0616. The van der Waals surface area contributed by atoms with Gasteiger partial charge in [-0.3, -0.25) is 9.59 Å². The van der Waals surface area contributed by atoms with E-state index >= 15 is 0 Å². The zero-order chi connectivity index (χ0) is 20.4. The number of hydrogen-bond donors (Lipinski definition) is 1. The third-order valence-corrected chi connectivity index (χ3v) is 5.68. The van der Waals surface area contributed by atoms with Gasteiger partial charge in [-0.25, -0.2) is 0 Å². The highest BCUT2D eigenvalue weighted by Gasteiger charge is 2.47. The summed E-state index contributed by atoms with van der Waals surface area (Å²) in [6, 6.07) is 7.98. The van der Waals surface area contributed by atoms with Crippen molar-refractivity contribution in [1.82, 2.24) is 9.80 Å². The molecule has 6 nitrogen and oxygen atoms in total. The fourth-order valence-corrected chi connectivity index (χ4v) is 3.60. The fraction of sp³-hybridized carbons (Fsp3) is 0.333. The Hall–Kier alpha value is -2.38. The van der Waals surface area contributed by atoms with E-state index in [9.17, 15) is 14.7 Å². The van der Waals surface area contributed by atoms with Crippen molar-refractivity contribution in [2.45, 2.75) is 19.4 Å². The number of nitrogens with zero attached hydrogens (tertiary/aromatic N) is 2. The Balaban J connectivity index is 2.05. The molecule has 2 heterocycles. The van der Waals surface area contributed by atoms with Crippen molar-refractivity contribution in [3.63, 3.8) is 0 Å². The predicted molar refractivity (Wildman–Crippen MR) is 110 cm³/mol. The van der Waals surface area contributed by atoms with Crippen molar-refractivity contribution in [3.8, 4) is 0 Å². The van der Waals surface area contributed by atoms with Crippen molar-refractivity contribution >= 4 is 33.4 Å². The van der Waals surface area contributed by atoms with E-state index in [2.05, 4.69) is 15.9 Å². The predicted octanol–water partition coefficient (Wildman–Crippen LogP) is 3.72. The summed E-state index contributed by atoms with van der Waals surface area (Å²) in [6.45, 7) is 3.06. The Morgan fingerprint density at radius 3 is 2.64 bits per heavy atom. The lowest BCUT2D eigenvalue weighted by atomic mass is 9.98. The lowest BCUT2D eigenvalue weighted by Gasteiger charge is -2.24. The minimum atomic E-state index is -0.735. The fourth-order valence-electron chi connectivity index (χ4n) is 3.36. The lowest BCUT2D eigenvalue weighted by Crippen LogP contribution is -2.32. The van der Waals surface area contributed by atoms with Gasteiger partial charge >= 0.3 is 0 Å². The monoisotopic (exact) mass is 446 g/mol. The molecule has 1 aliphatic heterocycles. The minimum Gasteiger partial charge on any atom is -0.507 e. The van der Waals surface area contributed by atoms with E-state index in [0.29, 0.717) is 24.3 Å². The van der Waals surface area contributed by atoms with Crippen LogP contribution in [0.2, 0.25) is 0 Å². The number of amides is 1. The van der Waals surface area contributed by atoms with Crippen LogP contribution in [0.3, 0.4) is 0 Å². The molecule has 1 amide bonds. The average Bonchev–Trinajstić information content (AvgIpc) is 3.25. The van der Waals surface area contributed by atoms with Gasteiger partial charge in [-0.1, -0.05) is 22.0 Å². The summed E-state index contributed by atoms with van der Waals surface area (Å²) in [6.07, 6.45) is 2.20. The molecule has 2 aromatic rings.